The van der Waals surface area contributed by atoms with Crippen molar-refractivity contribution in [3.05, 3.63) is 59.4 Å². The van der Waals surface area contributed by atoms with Crippen molar-refractivity contribution >= 4 is 15.5 Å². The molecule has 0 radical (unpaired) electrons. The minimum absolute atomic E-state index is 0.0410. The molecule has 0 saturated heterocycles. The van der Waals surface area contributed by atoms with E-state index in [1.807, 2.05) is 0 Å². The van der Waals surface area contributed by atoms with Gasteiger partial charge in [0.05, 0.1) is 10.6 Å². The van der Waals surface area contributed by atoms with Gasteiger partial charge in [0.1, 0.15) is 0 Å². The summed E-state index contributed by atoms with van der Waals surface area (Å²) in [5.74, 6) is -4.11. The van der Waals surface area contributed by atoms with Crippen LogP contribution >= 0.6 is 0 Å². The number of nitrogens with one attached hydrogen (secondary N) is 1. The standard InChI is InChI=1S/C14H12F3NO2S/c1-21(19,20)13-5-3-2-4-12(13)18-8-9-6-10(15)14(17)11(16)7-9/h2-7,18H,8H2,1H3. The molecule has 3 nitrogen and oxygen atoms in total. The van der Waals surface area contributed by atoms with Crippen molar-refractivity contribution in [2.45, 2.75) is 11.4 Å². The maximum atomic E-state index is 13.1. The van der Waals surface area contributed by atoms with Crippen molar-refractivity contribution in [3.63, 3.8) is 0 Å². The van der Waals surface area contributed by atoms with E-state index >= 15 is 0 Å². The first-order chi connectivity index (χ1) is 9.79. The summed E-state index contributed by atoms with van der Waals surface area (Å²) in [5, 5.41) is 2.78. The first-order valence-electron chi connectivity index (χ1n) is 5.95. The Kier molecular flexibility index (Phi) is 4.22. The predicted octanol–water partition coefficient (Wildman–Crippen LogP) is 3.12. The summed E-state index contributed by atoms with van der Waals surface area (Å²) in [6.45, 7) is -0.0410. The molecule has 0 heterocycles. The molecule has 0 saturated carbocycles. The SMILES string of the molecule is CS(=O)(=O)c1ccccc1NCc1cc(F)c(F)c(F)c1. The largest absolute Gasteiger partial charge is 0.380 e. The quantitative estimate of drug-likeness (QED) is 0.882. The van der Waals surface area contributed by atoms with E-state index in [4.69, 9.17) is 0 Å². The molecule has 0 fully saturated rings. The summed E-state index contributed by atoms with van der Waals surface area (Å²) in [7, 11) is -3.43. The Hall–Kier alpha value is -2.02. The van der Waals surface area contributed by atoms with Crippen LogP contribution in [0, 0.1) is 17.5 Å². The topological polar surface area (TPSA) is 46.2 Å². The molecule has 0 aliphatic carbocycles. The lowest BCUT2D eigenvalue weighted by molar-refractivity contribution is 0.445. The number of hydrogen-bond donors (Lipinski definition) is 1. The van der Waals surface area contributed by atoms with Gasteiger partial charge in [0.15, 0.2) is 27.3 Å². The third kappa shape index (κ3) is 3.55. The number of anilines is 1. The lowest BCUT2D eigenvalue weighted by Gasteiger charge is -2.11. The van der Waals surface area contributed by atoms with E-state index < -0.39 is 27.3 Å². The summed E-state index contributed by atoms with van der Waals surface area (Å²) >= 11 is 0. The highest BCUT2D eigenvalue weighted by atomic mass is 32.2. The average Bonchev–Trinajstić information content (AvgIpc) is 2.41. The molecule has 0 spiro atoms. The Morgan fingerprint density at radius 1 is 1.05 bits per heavy atom. The second-order valence-corrected chi connectivity index (χ2v) is 6.48. The summed E-state index contributed by atoms with van der Waals surface area (Å²) in [5.41, 5.74) is 0.472. The number of para-hydroxylation sites is 1. The number of hydrogen-bond acceptors (Lipinski definition) is 3. The highest BCUT2D eigenvalue weighted by Gasteiger charge is 2.13. The Bertz CT molecular complexity index is 753. The minimum Gasteiger partial charge on any atom is -0.380 e. The zero-order valence-electron chi connectivity index (χ0n) is 11.0. The van der Waals surface area contributed by atoms with Crippen molar-refractivity contribution in [1.29, 1.82) is 0 Å². The third-order valence-electron chi connectivity index (χ3n) is 2.81. The van der Waals surface area contributed by atoms with Gasteiger partial charge in [-0.1, -0.05) is 12.1 Å². The van der Waals surface area contributed by atoms with E-state index in [-0.39, 0.29) is 17.0 Å². The molecule has 2 aromatic rings. The van der Waals surface area contributed by atoms with Crippen molar-refractivity contribution < 1.29 is 21.6 Å². The number of benzene rings is 2. The maximum absolute atomic E-state index is 13.1. The zero-order valence-corrected chi connectivity index (χ0v) is 11.8. The molecule has 0 aliphatic rings. The molecule has 0 aliphatic heterocycles. The van der Waals surface area contributed by atoms with E-state index in [1.165, 1.54) is 12.1 Å². The van der Waals surface area contributed by atoms with Crippen LogP contribution in [0.2, 0.25) is 0 Å². The van der Waals surface area contributed by atoms with Crippen LogP contribution in [0.1, 0.15) is 5.56 Å². The number of sulfone groups is 1. The number of rotatable bonds is 4. The molecular weight excluding hydrogens is 303 g/mol. The fourth-order valence-electron chi connectivity index (χ4n) is 1.84. The van der Waals surface area contributed by atoms with Crippen LogP contribution < -0.4 is 5.32 Å². The van der Waals surface area contributed by atoms with Crippen LogP contribution in [0.3, 0.4) is 0 Å². The van der Waals surface area contributed by atoms with Crippen LogP contribution in [-0.2, 0) is 16.4 Å². The van der Waals surface area contributed by atoms with Crippen LogP contribution in [0.25, 0.3) is 0 Å². The summed E-state index contributed by atoms with van der Waals surface area (Å²) in [6, 6.07) is 7.86. The molecule has 7 heteroatoms. The fraction of sp³-hybridized carbons (Fsp3) is 0.143. The Labute approximate surface area is 120 Å². The molecule has 0 unspecified atom stereocenters. The molecule has 112 valence electrons. The number of halogens is 3. The van der Waals surface area contributed by atoms with Gasteiger partial charge in [0, 0.05) is 12.8 Å². The molecule has 2 rings (SSSR count). The van der Waals surface area contributed by atoms with Crippen LogP contribution in [0.15, 0.2) is 41.3 Å². The smallest absolute Gasteiger partial charge is 0.194 e. The lowest BCUT2D eigenvalue weighted by atomic mass is 10.2. The van der Waals surface area contributed by atoms with E-state index in [2.05, 4.69) is 5.32 Å². The van der Waals surface area contributed by atoms with Crippen molar-refractivity contribution in [1.82, 2.24) is 0 Å². The molecule has 21 heavy (non-hydrogen) atoms. The third-order valence-corrected chi connectivity index (χ3v) is 3.97. The Morgan fingerprint density at radius 3 is 2.19 bits per heavy atom. The monoisotopic (exact) mass is 315 g/mol. The van der Waals surface area contributed by atoms with Crippen molar-refractivity contribution in [2.75, 3.05) is 11.6 Å². The fourth-order valence-corrected chi connectivity index (χ4v) is 2.71. The van der Waals surface area contributed by atoms with Gasteiger partial charge >= 0.3 is 0 Å². The van der Waals surface area contributed by atoms with E-state index in [0.29, 0.717) is 5.69 Å². The highest BCUT2D eigenvalue weighted by Crippen LogP contribution is 2.22. The van der Waals surface area contributed by atoms with Crippen LogP contribution in [0.5, 0.6) is 0 Å². The van der Waals surface area contributed by atoms with Gasteiger partial charge in [-0.3, -0.25) is 0 Å². The Morgan fingerprint density at radius 2 is 1.62 bits per heavy atom. The minimum atomic E-state index is -3.43. The second kappa shape index (κ2) is 5.77. The van der Waals surface area contributed by atoms with Gasteiger partial charge in [0.25, 0.3) is 0 Å². The molecular formula is C14H12F3NO2S. The molecule has 0 atom stereocenters. The van der Waals surface area contributed by atoms with Crippen molar-refractivity contribution in [2.24, 2.45) is 0 Å². The average molecular weight is 315 g/mol. The summed E-state index contributed by atoms with van der Waals surface area (Å²) in [6.07, 6.45) is 1.06. The van der Waals surface area contributed by atoms with E-state index in [9.17, 15) is 21.6 Å². The highest BCUT2D eigenvalue weighted by molar-refractivity contribution is 7.90. The van der Waals surface area contributed by atoms with Crippen molar-refractivity contribution in [3.8, 4) is 0 Å². The van der Waals surface area contributed by atoms with E-state index in [1.54, 1.807) is 12.1 Å². The summed E-state index contributed by atoms with van der Waals surface area (Å²) < 4.78 is 62.3. The van der Waals surface area contributed by atoms with Gasteiger partial charge in [-0.05, 0) is 29.8 Å². The predicted molar refractivity (Wildman–Crippen MR) is 73.2 cm³/mol. The lowest BCUT2D eigenvalue weighted by Crippen LogP contribution is -2.07. The molecule has 0 aromatic heterocycles. The van der Waals surface area contributed by atoms with Crippen LogP contribution in [0.4, 0.5) is 18.9 Å². The van der Waals surface area contributed by atoms with Gasteiger partial charge in [-0.25, -0.2) is 21.6 Å². The van der Waals surface area contributed by atoms with Crippen LogP contribution in [-0.4, -0.2) is 14.7 Å². The Balaban J connectivity index is 2.26. The normalized spacial score (nSPS) is 11.4. The first-order valence-corrected chi connectivity index (χ1v) is 7.84. The van der Waals surface area contributed by atoms with Gasteiger partial charge < -0.3 is 5.32 Å². The summed E-state index contributed by atoms with van der Waals surface area (Å²) in [4.78, 5) is 0.0769. The molecule has 0 amide bonds. The second-order valence-electron chi connectivity index (χ2n) is 4.50. The zero-order chi connectivity index (χ0) is 15.6. The van der Waals surface area contributed by atoms with Gasteiger partial charge in [0.2, 0.25) is 0 Å². The first kappa shape index (κ1) is 15.4. The molecule has 1 N–H and O–H groups in total. The van der Waals surface area contributed by atoms with Gasteiger partial charge in [-0.2, -0.15) is 0 Å². The van der Waals surface area contributed by atoms with Gasteiger partial charge in [-0.15, -0.1) is 0 Å². The molecule has 2 aromatic carbocycles. The molecule has 0 bridgehead atoms. The maximum Gasteiger partial charge on any atom is 0.194 e. The van der Waals surface area contributed by atoms with E-state index in [0.717, 1.165) is 18.4 Å².